The van der Waals surface area contributed by atoms with Crippen LogP contribution in [0.1, 0.15) is 35.6 Å². The third-order valence-corrected chi connectivity index (χ3v) is 6.07. The zero-order valence-corrected chi connectivity index (χ0v) is 20.1. The lowest BCUT2D eigenvalue weighted by molar-refractivity contribution is -0.120. The van der Waals surface area contributed by atoms with E-state index in [0.717, 1.165) is 0 Å². The first kappa shape index (κ1) is 23.9. The van der Waals surface area contributed by atoms with E-state index in [0.29, 0.717) is 22.6 Å². The number of benzene rings is 1. The smallest absolute Gasteiger partial charge is 0.270 e. The van der Waals surface area contributed by atoms with Crippen molar-refractivity contribution in [3.63, 3.8) is 0 Å². The number of nitrogens with one attached hydrogen (secondary N) is 1. The summed E-state index contributed by atoms with van der Waals surface area (Å²) in [5.74, 6) is -1.38. The Labute approximate surface area is 207 Å². The maximum atomic E-state index is 15.0. The first-order valence-electron chi connectivity index (χ1n) is 10.7. The Hall–Kier alpha value is -4.23. The number of carbonyl (C=O) groups excluding carboxylic acids is 2. The summed E-state index contributed by atoms with van der Waals surface area (Å²) in [6.45, 7) is 12.3. The predicted molar refractivity (Wildman–Crippen MR) is 134 cm³/mol. The molecule has 1 fully saturated rings. The molecule has 1 N–H and O–H groups in total. The van der Waals surface area contributed by atoms with Gasteiger partial charge in [-0.05, 0) is 62.8 Å². The van der Waals surface area contributed by atoms with E-state index in [-0.39, 0.29) is 29.0 Å². The number of aromatic nitrogens is 2. The standard InChI is InChI=1S/C25H21FN6O2S/c1-15-11-16(8-9-19(15)27-4)31-23(34)25(2,3)32(24(31)35)17-12-18(26)21(29-13-17)14-30-22(33)20-7-5-6-10-28-20/h5-13H,14H2,1-3H3,(H,30,33). The van der Waals surface area contributed by atoms with Crippen LogP contribution >= 0.6 is 12.2 Å². The van der Waals surface area contributed by atoms with Gasteiger partial charge in [0, 0.05) is 18.0 Å². The molecule has 2 aromatic heterocycles. The lowest BCUT2D eigenvalue weighted by atomic mass is 10.0. The summed E-state index contributed by atoms with van der Waals surface area (Å²) in [6.07, 6.45) is 2.91. The van der Waals surface area contributed by atoms with Crippen LogP contribution in [0.25, 0.3) is 4.85 Å². The normalized spacial score (nSPS) is 14.7. The number of halogens is 1. The molecule has 1 aliphatic heterocycles. The Kier molecular flexibility index (Phi) is 6.28. The van der Waals surface area contributed by atoms with Crippen molar-refractivity contribution in [2.75, 3.05) is 9.80 Å². The van der Waals surface area contributed by atoms with Crippen molar-refractivity contribution in [1.82, 2.24) is 15.3 Å². The molecule has 3 heterocycles. The van der Waals surface area contributed by atoms with Gasteiger partial charge in [0.2, 0.25) is 0 Å². The predicted octanol–water partition coefficient (Wildman–Crippen LogP) is 4.32. The number of anilines is 2. The fourth-order valence-corrected chi connectivity index (χ4v) is 4.34. The number of hydrogen-bond acceptors (Lipinski definition) is 5. The zero-order chi connectivity index (χ0) is 25.3. The van der Waals surface area contributed by atoms with Gasteiger partial charge in [0.05, 0.1) is 30.7 Å². The van der Waals surface area contributed by atoms with Crippen LogP contribution in [0.15, 0.2) is 54.9 Å². The minimum absolute atomic E-state index is 0.0366. The number of nitrogens with zero attached hydrogens (tertiary/aromatic N) is 5. The molecule has 0 saturated carbocycles. The van der Waals surface area contributed by atoms with Crippen LogP contribution in [0.4, 0.5) is 21.5 Å². The van der Waals surface area contributed by atoms with E-state index in [1.54, 1.807) is 62.1 Å². The summed E-state index contributed by atoms with van der Waals surface area (Å²) in [7, 11) is 0. The van der Waals surface area contributed by atoms with Crippen LogP contribution in [0.5, 0.6) is 0 Å². The Morgan fingerprint density at radius 1 is 1.20 bits per heavy atom. The summed E-state index contributed by atoms with van der Waals surface area (Å²) in [5, 5.41) is 2.77. The van der Waals surface area contributed by atoms with Gasteiger partial charge in [0.15, 0.2) is 10.8 Å². The summed E-state index contributed by atoms with van der Waals surface area (Å²) in [5.41, 5.74) is 1.19. The molecule has 0 aliphatic carbocycles. The third kappa shape index (κ3) is 4.34. The molecule has 35 heavy (non-hydrogen) atoms. The summed E-state index contributed by atoms with van der Waals surface area (Å²) >= 11 is 5.63. The second kappa shape index (κ2) is 9.19. The van der Waals surface area contributed by atoms with Crippen LogP contribution in [-0.4, -0.2) is 32.4 Å². The van der Waals surface area contributed by atoms with Crippen LogP contribution in [0.3, 0.4) is 0 Å². The number of hydrogen-bond donors (Lipinski definition) is 1. The average molecular weight is 489 g/mol. The van der Waals surface area contributed by atoms with Gasteiger partial charge in [-0.1, -0.05) is 12.1 Å². The molecule has 0 bridgehead atoms. The van der Waals surface area contributed by atoms with E-state index >= 15 is 0 Å². The lowest BCUT2D eigenvalue weighted by Crippen LogP contribution is -2.44. The highest BCUT2D eigenvalue weighted by atomic mass is 32.1. The quantitative estimate of drug-likeness (QED) is 0.426. The highest BCUT2D eigenvalue weighted by Crippen LogP contribution is 2.37. The fourth-order valence-electron chi connectivity index (χ4n) is 3.82. The van der Waals surface area contributed by atoms with E-state index in [1.165, 1.54) is 23.4 Å². The second-order valence-electron chi connectivity index (χ2n) is 8.42. The number of thiocarbonyl (C=S) groups is 1. The van der Waals surface area contributed by atoms with Crippen molar-refractivity contribution in [2.24, 2.45) is 0 Å². The van der Waals surface area contributed by atoms with Gasteiger partial charge in [-0.3, -0.25) is 24.5 Å². The topological polar surface area (TPSA) is 82.8 Å². The molecular weight excluding hydrogens is 467 g/mol. The molecule has 4 rings (SSSR count). The molecule has 2 amide bonds. The Morgan fingerprint density at radius 3 is 2.60 bits per heavy atom. The maximum absolute atomic E-state index is 15.0. The molecule has 0 atom stereocenters. The summed E-state index contributed by atoms with van der Waals surface area (Å²) in [6, 6.07) is 11.2. The van der Waals surface area contributed by atoms with E-state index in [2.05, 4.69) is 20.1 Å². The van der Waals surface area contributed by atoms with Crippen molar-refractivity contribution in [2.45, 2.75) is 32.9 Å². The largest absolute Gasteiger partial charge is 0.345 e. The molecule has 176 valence electrons. The molecule has 0 radical (unpaired) electrons. The van der Waals surface area contributed by atoms with E-state index in [9.17, 15) is 14.0 Å². The summed E-state index contributed by atoms with van der Waals surface area (Å²) in [4.78, 5) is 40.0. The monoisotopic (exact) mass is 488 g/mol. The van der Waals surface area contributed by atoms with E-state index in [4.69, 9.17) is 18.8 Å². The third-order valence-electron chi connectivity index (χ3n) is 5.70. The molecule has 1 saturated heterocycles. The molecule has 10 heteroatoms. The molecule has 1 aliphatic rings. The summed E-state index contributed by atoms with van der Waals surface area (Å²) < 4.78 is 15.0. The number of rotatable bonds is 5. The first-order chi connectivity index (χ1) is 16.6. The van der Waals surface area contributed by atoms with Crippen molar-refractivity contribution in [3.05, 3.63) is 89.0 Å². The average Bonchev–Trinajstić information content (AvgIpc) is 3.01. The number of pyridine rings is 2. The molecule has 8 nitrogen and oxygen atoms in total. The van der Waals surface area contributed by atoms with Gasteiger partial charge in [-0.2, -0.15) is 0 Å². The van der Waals surface area contributed by atoms with Crippen molar-refractivity contribution in [3.8, 4) is 0 Å². The van der Waals surface area contributed by atoms with E-state index in [1.807, 2.05) is 0 Å². The Balaban J connectivity index is 1.58. The van der Waals surface area contributed by atoms with Gasteiger partial charge in [-0.25, -0.2) is 9.24 Å². The lowest BCUT2D eigenvalue weighted by Gasteiger charge is -2.29. The first-order valence-corrected chi connectivity index (χ1v) is 11.1. The van der Waals surface area contributed by atoms with Crippen LogP contribution in [0, 0.1) is 19.3 Å². The number of carbonyl (C=O) groups is 2. The molecule has 0 unspecified atom stereocenters. The molecule has 1 aromatic carbocycles. The van der Waals surface area contributed by atoms with Crippen LogP contribution < -0.4 is 15.1 Å². The molecular formula is C25H21FN6O2S. The van der Waals surface area contributed by atoms with E-state index < -0.39 is 17.3 Å². The molecule has 0 spiro atoms. The van der Waals surface area contributed by atoms with Gasteiger partial charge >= 0.3 is 0 Å². The van der Waals surface area contributed by atoms with Crippen LogP contribution in [-0.2, 0) is 11.3 Å². The van der Waals surface area contributed by atoms with Gasteiger partial charge in [-0.15, -0.1) is 0 Å². The van der Waals surface area contributed by atoms with Gasteiger partial charge < -0.3 is 10.2 Å². The van der Waals surface area contributed by atoms with Crippen molar-refractivity contribution in [1.29, 1.82) is 0 Å². The van der Waals surface area contributed by atoms with Crippen LogP contribution in [0.2, 0.25) is 0 Å². The number of amides is 2. The minimum Gasteiger partial charge on any atom is -0.345 e. The second-order valence-corrected chi connectivity index (χ2v) is 8.78. The Morgan fingerprint density at radius 2 is 1.97 bits per heavy atom. The highest BCUT2D eigenvalue weighted by molar-refractivity contribution is 7.81. The highest BCUT2D eigenvalue weighted by Gasteiger charge is 2.50. The SMILES string of the molecule is [C-]#[N+]c1ccc(N2C(=O)C(C)(C)N(c3cnc(CNC(=O)c4ccccn4)c(F)c3)C2=S)cc1C. The van der Waals surface area contributed by atoms with Crippen molar-refractivity contribution >= 4 is 46.2 Å². The zero-order valence-electron chi connectivity index (χ0n) is 19.2. The Bertz CT molecular complexity index is 1390. The number of aryl methyl sites for hydroxylation is 1. The molecule has 3 aromatic rings. The van der Waals surface area contributed by atoms with Gasteiger partial charge in [0.1, 0.15) is 17.1 Å². The van der Waals surface area contributed by atoms with Crippen molar-refractivity contribution < 1.29 is 14.0 Å². The van der Waals surface area contributed by atoms with Gasteiger partial charge in [0.25, 0.3) is 11.8 Å². The minimum atomic E-state index is -1.10. The fraction of sp³-hybridized carbons (Fsp3) is 0.200. The maximum Gasteiger partial charge on any atom is 0.270 e.